The Morgan fingerprint density at radius 2 is 2.21 bits per heavy atom. The van der Waals surface area contributed by atoms with E-state index in [1.165, 1.54) is 17.6 Å². The zero-order valence-corrected chi connectivity index (χ0v) is 14.2. The number of rotatable bonds is 6. The highest BCUT2D eigenvalue weighted by Crippen LogP contribution is 2.32. The van der Waals surface area contributed by atoms with Crippen molar-refractivity contribution in [2.75, 3.05) is 6.54 Å². The summed E-state index contributed by atoms with van der Waals surface area (Å²) in [7, 11) is 0. The molecule has 0 aromatic carbocycles. The Labute approximate surface area is 143 Å². The fraction of sp³-hybridized carbons (Fsp3) is 0.294. The largest absolute Gasteiger partial charge is 0.466 e. The number of hydrogen-bond donors (Lipinski definition) is 2. The summed E-state index contributed by atoms with van der Waals surface area (Å²) in [5.41, 5.74) is 0.0684. The number of furan rings is 1. The van der Waals surface area contributed by atoms with E-state index in [9.17, 15) is 9.90 Å². The Kier molecular flexibility index (Phi) is 4.55. The highest BCUT2D eigenvalue weighted by molar-refractivity contribution is 7.10. The minimum atomic E-state index is -1.40. The quantitative estimate of drug-likeness (QED) is 0.716. The second-order valence-electron chi connectivity index (χ2n) is 5.57. The molecule has 0 aliphatic rings. The van der Waals surface area contributed by atoms with Crippen LogP contribution in [0.5, 0.6) is 0 Å². The Morgan fingerprint density at radius 1 is 1.38 bits per heavy atom. The highest BCUT2D eigenvalue weighted by atomic mass is 32.1. The van der Waals surface area contributed by atoms with Gasteiger partial charge in [0.15, 0.2) is 5.60 Å². The number of thiophene rings is 1. The summed E-state index contributed by atoms with van der Waals surface area (Å²) in [5, 5.41) is 19.6. The molecule has 3 aromatic rings. The van der Waals surface area contributed by atoms with Crippen molar-refractivity contribution >= 4 is 17.2 Å². The van der Waals surface area contributed by atoms with Gasteiger partial charge in [0.1, 0.15) is 11.5 Å². The number of nitrogens with one attached hydrogen (secondary N) is 1. The lowest BCUT2D eigenvalue weighted by Gasteiger charge is -2.25. The molecule has 0 saturated carbocycles. The van der Waals surface area contributed by atoms with Crippen LogP contribution in [0.25, 0.3) is 0 Å². The lowest BCUT2D eigenvalue weighted by atomic mass is 9.98. The molecule has 0 unspecified atom stereocenters. The summed E-state index contributed by atoms with van der Waals surface area (Å²) >= 11 is 1.40. The van der Waals surface area contributed by atoms with Gasteiger partial charge in [-0.25, -0.2) is 0 Å². The first-order valence-electron chi connectivity index (χ1n) is 7.49. The molecular formula is C17H18N2O4S. The van der Waals surface area contributed by atoms with Gasteiger partial charge in [0.05, 0.1) is 24.9 Å². The highest BCUT2D eigenvalue weighted by Gasteiger charge is 2.36. The van der Waals surface area contributed by atoms with Gasteiger partial charge in [0.25, 0.3) is 0 Å². The van der Waals surface area contributed by atoms with Crippen LogP contribution in [0.2, 0.25) is 0 Å². The van der Waals surface area contributed by atoms with Crippen molar-refractivity contribution in [2.24, 2.45) is 0 Å². The molecule has 1 atom stereocenters. The fourth-order valence-corrected chi connectivity index (χ4v) is 3.36. The molecule has 0 aliphatic heterocycles. The van der Waals surface area contributed by atoms with Crippen LogP contribution in [0.1, 0.15) is 27.7 Å². The van der Waals surface area contributed by atoms with Crippen molar-refractivity contribution in [2.45, 2.75) is 25.9 Å². The molecule has 0 bridgehead atoms. The molecule has 0 radical (unpaired) electrons. The molecule has 7 heteroatoms. The lowest BCUT2D eigenvalue weighted by molar-refractivity contribution is -0.121. The van der Waals surface area contributed by atoms with E-state index < -0.39 is 5.60 Å². The maximum Gasteiger partial charge on any atom is 0.224 e. The molecule has 3 heterocycles. The Morgan fingerprint density at radius 3 is 2.79 bits per heavy atom. The average molecular weight is 346 g/mol. The summed E-state index contributed by atoms with van der Waals surface area (Å²) in [6.07, 6.45) is 1.65. The molecule has 0 spiro atoms. The topological polar surface area (TPSA) is 88.5 Å². The van der Waals surface area contributed by atoms with Gasteiger partial charge >= 0.3 is 0 Å². The molecule has 0 aliphatic carbocycles. The van der Waals surface area contributed by atoms with E-state index in [1.807, 2.05) is 17.5 Å². The third-order valence-corrected chi connectivity index (χ3v) is 4.94. The molecule has 3 aromatic heterocycles. The van der Waals surface area contributed by atoms with E-state index >= 15 is 0 Å². The van der Waals surface area contributed by atoms with Gasteiger partial charge < -0.3 is 19.4 Å². The fourth-order valence-electron chi connectivity index (χ4n) is 2.53. The first-order chi connectivity index (χ1) is 11.5. The van der Waals surface area contributed by atoms with Crippen LogP contribution >= 0.6 is 11.3 Å². The first kappa shape index (κ1) is 16.5. The molecule has 6 nitrogen and oxygen atoms in total. The van der Waals surface area contributed by atoms with E-state index in [0.29, 0.717) is 22.1 Å². The van der Waals surface area contributed by atoms with E-state index in [-0.39, 0.29) is 18.9 Å². The SMILES string of the molecule is Cc1noc(C)c1CC(=O)NC[C@](O)(c1ccco1)c1cccs1. The molecule has 0 saturated heterocycles. The minimum absolute atomic E-state index is 0.0171. The van der Waals surface area contributed by atoms with E-state index in [4.69, 9.17) is 8.94 Å². The number of carbonyl (C=O) groups excluding carboxylic acids is 1. The monoisotopic (exact) mass is 346 g/mol. The van der Waals surface area contributed by atoms with Crippen LogP contribution in [0, 0.1) is 13.8 Å². The lowest BCUT2D eigenvalue weighted by Crippen LogP contribution is -2.41. The predicted molar refractivity (Wildman–Crippen MR) is 88.7 cm³/mol. The van der Waals surface area contributed by atoms with Gasteiger partial charge in [-0.05, 0) is 37.4 Å². The van der Waals surface area contributed by atoms with Crippen LogP contribution in [-0.4, -0.2) is 22.7 Å². The van der Waals surface area contributed by atoms with Crippen LogP contribution < -0.4 is 5.32 Å². The van der Waals surface area contributed by atoms with Crippen molar-refractivity contribution in [3.05, 3.63) is 63.6 Å². The molecular weight excluding hydrogens is 328 g/mol. The first-order valence-corrected chi connectivity index (χ1v) is 8.37. The molecule has 0 fully saturated rings. The summed E-state index contributed by atoms with van der Waals surface area (Å²) in [5.74, 6) is 0.802. The van der Waals surface area contributed by atoms with Crippen molar-refractivity contribution in [1.82, 2.24) is 10.5 Å². The predicted octanol–water partition coefficient (Wildman–Crippen LogP) is 2.54. The number of amides is 1. The van der Waals surface area contributed by atoms with Crippen molar-refractivity contribution in [1.29, 1.82) is 0 Å². The van der Waals surface area contributed by atoms with Crippen molar-refractivity contribution in [3.8, 4) is 0 Å². The number of aliphatic hydroxyl groups is 1. The molecule has 3 rings (SSSR count). The van der Waals surface area contributed by atoms with E-state index in [0.717, 1.165) is 5.56 Å². The second kappa shape index (κ2) is 6.62. The average Bonchev–Trinajstić information content (AvgIpc) is 3.31. The Hall–Kier alpha value is -2.38. The number of carbonyl (C=O) groups is 1. The summed E-state index contributed by atoms with van der Waals surface area (Å²) in [6, 6.07) is 7.06. The summed E-state index contributed by atoms with van der Waals surface area (Å²) < 4.78 is 10.4. The summed E-state index contributed by atoms with van der Waals surface area (Å²) in [6.45, 7) is 3.58. The summed E-state index contributed by atoms with van der Waals surface area (Å²) in [4.78, 5) is 13.0. The van der Waals surface area contributed by atoms with E-state index in [2.05, 4.69) is 10.5 Å². The van der Waals surface area contributed by atoms with Gasteiger partial charge in [-0.15, -0.1) is 11.3 Å². The van der Waals surface area contributed by atoms with Gasteiger partial charge in [-0.1, -0.05) is 11.2 Å². The Balaban J connectivity index is 1.74. The van der Waals surface area contributed by atoms with Crippen LogP contribution in [-0.2, 0) is 16.8 Å². The molecule has 126 valence electrons. The smallest absolute Gasteiger partial charge is 0.224 e. The van der Waals surface area contributed by atoms with Gasteiger partial charge in [-0.2, -0.15) is 0 Å². The molecule has 24 heavy (non-hydrogen) atoms. The van der Waals surface area contributed by atoms with Crippen molar-refractivity contribution < 1.29 is 18.8 Å². The standard InChI is InChI=1S/C17H18N2O4S/c1-11-13(12(2)23-19-11)9-16(20)18-10-17(21,14-5-3-7-22-14)15-6-4-8-24-15/h3-8,21H,9-10H2,1-2H3,(H,18,20)/t17-/m0/s1. The Bertz CT molecular complexity index is 752. The van der Waals surface area contributed by atoms with Gasteiger partial charge in [0, 0.05) is 10.4 Å². The number of hydrogen-bond acceptors (Lipinski definition) is 6. The third-order valence-electron chi connectivity index (χ3n) is 3.92. The van der Waals surface area contributed by atoms with Crippen LogP contribution in [0.4, 0.5) is 0 Å². The second-order valence-corrected chi connectivity index (χ2v) is 6.52. The number of aromatic nitrogens is 1. The van der Waals surface area contributed by atoms with Crippen LogP contribution in [0.3, 0.4) is 0 Å². The maximum absolute atomic E-state index is 12.3. The molecule has 2 N–H and O–H groups in total. The van der Waals surface area contributed by atoms with Crippen LogP contribution in [0.15, 0.2) is 44.8 Å². The van der Waals surface area contributed by atoms with Gasteiger partial charge in [0.2, 0.25) is 5.91 Å². The third kappa shape index (κ3) is 3.13. The molecule has 1 amide bonds. The van der Waals surface area contributed by atoms with Crippen molar-refractivity contribution in [3.63, 3.8) is 0 Å². The normalized spacial score (nSPS) is 13.6. The zero-order chi connectivity index (χ0) is 17.2. The maximum atomic E-state index is 12.3. The number of nitrogens with zero attached hydrogens (tertiary/aromatic N) is 1. The number of aryl methyl sites for hydroxylation is 2. The van der Waals surface area contributed by atoms with Gasteiger partial charge in [-0.3, -0.25) is 4.79 Å². The zero-order valence-electron chi connectivity index (χ0n) is 13.4. The minimum Gasteiger partial charge on any atom is -0.466 e. The van der Waals surface area contributed by atoms with E-state index in [1.54, 1.807) is 26.0 Å².